The van der Waals surface area contributed by atoms with Gasteiger partial charge in [0.05, 0.1) is 17.2 Å². The van der Waals surface area contributed by atoms with E-state index < -0.39 is 40.2 Å². The van der Waals surface area contributed by atoms with Crippen LogP contribution in [0.25, 0.3) is 0 Å². The SMILES string of the molecule is CCOc1ccc(N(CC(=O)N(Cc2c(Cl)cccc2Cl)[C@H](CC)C(=O)NC)S(=O)(=O)c2ccc(F)cc2)cc1. The van der Waals surface area contributed by atoms with Crippen molar-refractivity contribution in [3.05, 3.63) is 88.2 Å². The van der Waals surface area contributed by atoms with Crippen molar-refractivity contribution < 1.29 is 27.1 Å². The highest BCUT2D eigenvalue weighted by Crippen LogP contribution is 2.29. The van der Waals surface area contributed by atoms with Crippen molar-refractivity contribution in [2.24, 2.45) is 0 Å². The Kier molecular flexibility index (Phi) is 10.8. The molecule has 8 nitrogen and oxygen atoms in total. The van der Waals surface area contributed by atoms with Gasteiger partial charge in [-0.15, -0.1) is 0 Å². The molecule has 3 aromatic carbocycles. The molecular formula is C28H30Cl2FN3O5S. The Labute approximate surface area is 243 Å². The average molecular weight is 611 g/mol. The summed E-state index contributed by atoms with van der Waals surface area (Å²) >= 11 is 12.8. The van der Waals surface area contributed by atoms with E-state index in [2.05, 4.69) is 5.32 Å². The molecule has 0 heterocycles. The number of hydrogen-bond acceptors (Lipinski definition) is 5. The number of carbonyl (C=O) groups excluding carboxylic acids is 2. The number of nitrogens with zero attached hydrogens (tertiary/aromatic N) is 2. The monoisotopic (exact) mass is 609 g/mol. The van der Waals surface area contributed by atoms with Gasteiger partial charge in [0.2, 0.25) is 11.8 Å². The molecule has 0 bridgehead atoms. The lowest BCUT2D eigenvalue weighted by atomic mass is 10.1. The first-order chi connectivity index (χ1) is 19.0. The molecule has 0 saturated heterocycles. The standard InChI is InChI=1S/C28H30Cl2FN3O5S/c1-4-26(28(36)32-3)33(17-23-24(29)7-6-8-25(23)30)27(35)18-34(20-11-13-21(14-12-20)39-5-2)40(37,38)22-15-9-19(31)10-16-22/h6-16,26H,4-5,17-18H2,1-3H3,(H,32,36)/t26-/m1/s1. The molecule has 0 saturated carbocycles. The van der Waals surface area contributed by atoms with Crippen LogP contribution in [0.2, 0.25) is 10.0 Å². The van der Waals surface area contributed by atoms with Crippen LogP contribution in [-0.4, -0.2) is 51.4 Å². The largest absolute Gasteiger partial charge is 0.494 e. The van der Waals surface area contributed by atoms with E-state index in [0.717, 1.165) is 28.6 Å². The summed E-state index contributed by atoms with van der Waals surface area (Å²) in [7, 11) is -2.90. The molecular weight excluding hydrogens is 580 g/mol. The molecule has 1 atom stereocenters. The lowest BCUT2D eigenvalue weighted by molar-refractivity contribution is -0.140. The van der Waals surface area contributed by atoms with Crippen molar-refractivity contribution >= 4 is 50.7 Å². The van der Waals surface area contributed by atoms with E-state index in [0.29, 0.717) is 28.0 Å². The molecule has 3 aromatic rings. The first-order valence-corrected chi connectivity index (χ1v) is 14.7. The summed E-state index contributed by atoms with van der Waals surface area (Å²) in [6.07, 6.45) is 0.237. The minimum atomic E-state index is -4.35. The maximum absolute atomic E-state index is 13.9. The van der Waals surface area contributed by atoms with Gasteiger partial charge in [-0.1, -0.05) is 36.2 Å². The van der Waals surface area contributed by atoms with E-state index in [1.165, 1.54) is 24.1 Å². The molecule has 0 fully saturated rings. The highest BCUT2D eigenvalue weighted by molar-refractivity contribution is 7.92. The normalized spacial score (nSPS) is 11.9. The molecule has 0 spiro atoms. The number of likely N-dealkylation sites (N-methyl/N-ethyl adjacent to an activating group) is 1. The fourth-order valence-corrected chi connectivity index (χ4v) is 6.01. The Morgan fingerprint density at radius 1 is 0.975 bits per heavy atom. The number of halogens is 3. The molecule has 3 rings (SSSR count). The number of hydrogen-bond donors (Lipinski definition) is 1. The summed E-state index contributed by atoms with van der Waals surface area (Å²) in [6.45, 7) is 3.15. The second-order valence-corrected chi connectivity index (χ2v) is 11.3. The van der Waals surface area contributed by atoms with Crippen molar-refractivity contribution in [3.8, 4) is 5.75 Å². The van der Waals surface area contributed by atoms with Crippen LogP contribution in [-0.2, 0) is 26.2 Å². The molecule has 214 valence electrons. The fraction of sp³-hybridized carbons (Fsp3) is 0.286. The van der Waals surface area contributed by atoms with Crippen molar-refractivity contribution in [1.29, 1.82) is 0 Å². The van der Waals surface area contributed by atoms with E-state index in [-0.39, 0.29) is 23.5 Å². The lowest BCUT2D eigenvalue weighted by Crippen LogP contribution is -2.51. The van der Waals surface area contributed by atoms with Gasteiger partial charge in [0, 0.05) is 29.2 Å². The number of amides is 2. The van der Waals surface area contributed by atoms with Crippen LogP contribution in [0.3, 0.4) is 0 Å². The molecule has 0 aliphatic rings. The van der Waals surface area contributed by atoms with Crippen molar-refractivity contribution in [3.63, 3.8) is 0 Å². The topological polar surface area (TPSA) is 96.0 Å². The van der Waals surface area contributed by atoms with Crippen molar-refractivity contribution in [1.82, 2.24) is 10.2 Å². The van der Waals surface area contributed by atoms with Gasteiger partial charge in [-0.2, -0.15) is 0 Å². The van der Waals surface area contributed by atoms with Crippen LogP contribution >= 0.6 is 23.2 Å². The van der Waals surface area contributed by atoms with E-state index in [1.807, 2.05) is 6.92 Å². The summed E-state index contributed by atoms with van der Waals surface area (Å²) in [5, 5.41) is 3.13. The smallest absolute Gasteiger partial charge is 0.264 e. The van der Waals surface area contributed by atoms with Crippen LogP contribution in [0.1, 0.15) is 25.8 Å². The zero-order chi connectivity index (χ0) is 29.4. The fourth-order valence-electron chi connectivity index (χ4n) is 4.08. The van der Waals surface area contributed by atoms with Gasteiger partial charge in [-0.3, -0.25) is 13.9 Å². The summed E-state index contributed by atoms with van der Waals surface area (Å²) in [5.41, 5.74) is 0.584. The summed E-state index contributed by atoms with van der Waals surface area (Å²) < 4.78 is 47.6. The summed E-state index contributed by atoms with van der Waals surface area (Å²) in [6, 6.07) is 14.4. The number of rotatable bonds is 12. The third kappa shape index (κ3) is 7.24. The number of ether oxygens (including phenoxy) is 1. The van der Waals surface area contributed by atoms with E-state index in [9.17, 15) is 22.4 Å². The minimum Gasteiger partial charge on any atom is -0.494 e. The number of anilines is 1. The Hall–Kier alpha value is -3.34. The molecule has 1 N–H and O–H groups in total. The highest BCUT2D eigenvalue weighted by atomic mass is 35.5. The first-order valence-electron chi connectivity index (χ1n) is 12.5. The number of carbonyl (C=O) groups is 2. The number of nitrogens with one attached hydrogen (secondary N) is 1. The molecule has 0 radical (unpaired) electrons. The van der Waals surface area contributed by atoms with Gasteiger partial charge in [0.25, 0.3) is 10.0 Å². The van der Waals surface area contributed by atoms with Gasteiger partial charge in [0.1, 0.15) is 24.2 Å². The minimum absolute atomic E-state index is 0.142. The van der Waals surface area contributed by atoms with Crippen LogP contribution < -0.4 is 14.4 Å². The second kappa shape index (κ2) is 13.8. The highest BCUT2D eigenvalue weighted by Gasteiger charge is 2.34. The van der Waals surface area contributed by atoms with E-state index in [1.54, 1.807) is 37.3 Å². The third-order valence-corrected chi connectivity index (χ3v) is 8.63. The Bertz CT molecular complexity index is 1420. The van der Waals surface area contributed by atoms with Crippen LogP contribution in [0.4, 0.5) is 10.1 Å². The van der Waals surface area contributed by atoms with Gasteiger partial charge >= 0.3 is 0 Å². The zero-order valence-electron chi connectivity index (χ0n) is 22.2. The quantitative estimate of drug-likeness (QED) is 0.301. The second-order valence-electron chi connectivity index (χ2n) is 8.65. The van der Waals surface area contributed by atoms with Gasteiger partial charge in [0.15, 0.2) is 0 Å². The maximum atomic E-state index is 13.9. The summed E-state index contributed by atoms with van der Waals surface area (Å²) in [5.74, 6) is -1.21. The Morgan fingerprint density at radius 2 is 1.57 bits per heavy atom. The predicted octanol–water partition coefficient (Wildman–Crippen LogP) is 5.28. The predicted molar refractivity (Wildman–Crippen MR) is 154 cm³/mol. The number of benzene rings is 3. The molecule has 12 heteroatoms. The van der Waals surface area contributed by atoms with Gasteiger partial charge in [-0.05, 0) is 74.0 Å². The number of sulfonamides is 1. The van der Waals surface area contributed by atoms with Crippen LogP contribution in [0.5, 0.6) is 5.75 Å². The molecule has 0 aliphatic heterocycles. The van der Waals surface area contributed by atoms with Crippen LogP contribution in [0, 0.1) is 5.82 Å². The zero-order valence-corrected chi connectivity index (χ0v) is 24.6. The molecule has 40 heavy (non-hydrogen) atoms. The Balaban J connectivity index is 2.09. The van der Waals surface area contributed by atoms with Crippen molar-refractivity contribution in [2.75, 3.05) is 24.5 Å². The molecule has 2 amide bonds. The van der Waals surface area contributed by atoms with Crippen LogP contribution in [0.15, 0.2) is 71.6 Å². The molecule has 0 aromatic heterocycles. The lowest BCUT2D eigenvalue weighted by Gasteiger charge is -2.33. The summed E-state index contributed by atoms with van der Waals surface area (Å²) in [4.78, 5) is 27.8. The molecule has 0 aliphatic carbocycles. The van der Waals surface area contributed by atoms with Crippen molar-refractivity contribution in [2.45, 2.75) is 37.8 Å². The van der Waals surface area contributed by atoms with Gasteiger partial charge in [-0.25, -0.2) is 12.8 Å². The Morgan fingerprint density at radius 3 is 2.10 bits per heavy atom. The molecule has 0 unspecified atom stereocenters. The van der Waals surface area contributed by atoms with E-state index >= 15 is 0 Å². The average Bonchev–Trinajstić information content (AvgIpc) is 2.93. The third-order valence-electron chi connectivity index (χ3n) is 6.14. The van der Waals surface area contributed by atoms with E-state index in [4.69, 9.17) is 27.9 Å². The first kappa shape index (κ1) is 31.2. The van der Waals surface area contributed by atoms with Gasteiger partial charge < -0.3 is 15.0 Å². The maximum Gasteiger partial charge on any atom is 0.264 e.